The molecule has 0 radical (unpaired) electrons. The fraction of sp³-hybridized carbons (Fsp3) is 0.278. The number of benzene rings is 2. The van der Waals surface area contributed by atoms with Gasteiger partial charge in [0.15, 0.2) is 0 Å². The average Bonchev–Trinajstić information content (AvgIpc) is 3.00. The van der Waals surface area contributed by atoms with Gasteiger partial charge >= 0.3 is 0 Å². The van der Waals surface area contributed by atoms with Crippen molar-refractivity contribution in [2.24, 2.45) is 0 Å². The average molecular weight is 317 g/mol. The third-order valence-electron chi connectivity index (χ3n) is 4.15. The number of rotatable bonds is 3. The number of likely N-dealkylation sites (tertiary alicyclic amines) is 1. The monoisotopic (exact) mass is 316 g/mol. The van der Waals surface area contributed by atoms with Gasteiger partial charge in [0.05, 0.1) is 6.42 Å². The molecule has 22 heavy (non-hydrogen) atoms. The van der Waals surface area contributed by atoms with Crippen molar-refractivity contribution in [3.8, 4) is 0 Å². The standard InChI is InChI=1S/C18H20N2O.ClH/c19-17-8-6-14(7-9-17)12-18(21)20-11-10-16(13-20)15-4-2-1-3-5-15;/h1-9,16H,10-13,19H2;1H. The summed E-state index contributed by atoms with van der Waals surface area (Å²) in [5, 5.41) is 0. The SMILES string of the molecule is Cl.Nc1ccc(CC(=O)N2CCC(c3ccccc3)C2)cc1. The second-order valence-corrected chi connectivity index (χ2v) is 5.65. The summed E-state index contributed by atoms with van der Waals surface area (Å²) in [4.78, 5) is 14.4. The molecule has 2 aromatic rings. The first-order valence-corrected chi connectivity index (χ1v) is 7.39. The lowest BCUT2D eigenvalue weighted by Crippen LogP contribution is -2.29. The van der Waals surface area contributed by atoms with Crippen molar-refractivity contribution in [3.63, 3.8) is 0 Å². The predicted octanol–water partition coefficient (Wildman–Crippen LogP) is 3.25. The van der Waals surface area contributed by atoms with Crippen molar-refractivity contribution in [3.05, 3.63) is 65.7 Å². The quantitative estimate of drug-likeness (QED) is 0.884. The normalized spacial score (nSPS) is 17.1. The molecule has 116 valence electrons. The number of nitrogen functional groups attached to an aromatic ring is 1. The first-order chi connectivity index (χ1) is 10.2. The van der Waals surface area contributed by atoms with Crippen molar-refractivity contribution in [1.29, 1.82) is 0 Å². The van der Waals surface area contributed by atoms with Gasteiger partial charge < -0.3 is 10.6 Å². The number of nitrogens with zero attached hydrogens (tertiary/aromatic N) is 1. The minimum absolute atomic E-state index is 0. The summed E-state index contributed by atoms with van der Waals surface area (Å²) in [5.74, 6) is 0.680. The first-order valence-electron chi connectivity index (χ1n) is 7.39. The molecule has 0 saturated carbocycles. The van der Waals surface area contributed by atoms with Crippen LogP contribution in [0.15, 0.2) is 54.6 Å². The van der Waals surface area contributed by atoms with Crippen molar-refractivity contribution in [2.75, 3.05) is 18.8 Å². The van der Waals surface area contributed by atoms with Crippen LogP contribution in [0.3, 0.4) is 0 Å². The highest BCUT2D eigenvalue weighted by Crippen LogP contribution is 2.27. The molecule has 3 nitrogen and oxygen atoms in total. The molecule has 1 atom stereocenters. The minimum atomic E-state index is 0. The maximum absolute atomic E-state index is 12.4. The van der Waals surface area contributed by atoms with Gasteiger partial charge in [-0.2, -0.15) is 0 Å². The first kappa shape index (κ1) is 16.4. The highest BCUT2D eigenvalue weighted by molar-refractivity contribution is 5.85. The number of carbonyl (C=O) groups is 1. The summed E-state index contributed by atoms with van der Waals surface area (Å²) < 4.78 is 0. The predicted molar refractivity (Wildman–Crippen MR) is 92.2 cm³/mol. The highest BCUT2D eigenvalue weighted by atomic mass is 35.5. The third kappa shape index (κ3) is 3.80. The van der Waals surface area contributed by atoms with E-state index in [0.717, 1.165) is 30.8 Å². The van der Waals surface area contributed by atoms with Crippen LogP contribution in [-0.2, 0) is 11.2 Å². The van der Waals surface area contributed by atoms with E-state index in [1.54, 1.807) is 0 Å². The number of halogens is 1. The van der Waals surface area contributed by atoms with Crippen molar-refractivity contribution >= 4 is 24.0 Å². The Bertz CT molecular complexity index is 613. The van der Waals surface area contributed by atoms with E-state index in [-0.39, 0.29) is 18.3 Å². The number of hydrogen-bond acceptors (Lipinski definition) is 2. The second kappa shape index (κ2) is 7.32. The molecule has 1 unspecified atom stereocenters. The summed E-state index contributed by atoms with van der Waals surface area (Å²) in [6.45, 7) is 1.69. The van der Waals surface area contributed by atoms with E-state index in [1.807, 2.05) is 35.2 Å². The number of anilines is 1. The van der Waals surface area contributed by atoms with Crippen molar-refractivity contribution in [1.82, 2.24) is 4.90 Å². The molecule has 2 N–H and O–H groups in total. The number of amides is 1. The van der Waals surface area contributed by atoms with E-state index in [2.05, 4.69) is 24.3 Å². The molecule has 1 fully saturated rings. The fourth-order valence-corrected chi connectivity index (χ4v) is 2.91. The lowest BCUT2D eigenvalue weighted by atomic mass is 9.99. The van der Waals surface area contributed by atoms with E-state index in [0.29, 0.717) is 12.3 Å². The van der Waals surface area contributed by atoms with E-state index in [4.69, 9.17) is 5.73 Å². The maximum Gasteiger partial charge on any atom is 0.227 e. The molecular formula is C18H21ClN2O. The molecule has 0 bridgehead atoms. The van der Waals surface area contributed by atoms with Gasteiger partial charge in [-0.3, -0.25) is 4.79 Å². The van der Waals surface area contributed by atoms with Gasteiger partial charge in [0.25, 0.3) is 0 Å². The van der Waals surface area contributed by atoms with Gasteiger partial charge in [0.1, 0.15) is 0 Å². The smallest absolute Gasteiger partial charge is 0.227 e. The molecule has 0 aromatic heterocycles. The Morgan fingerprint density at radius 3 is 2.45 bits per heavy atom. The van der Waals surface area contributed by atoms with Crippen LogP contribution in [0.4, 0.5) is 5.69 Å². The molecule has 0 aliphatic carbocycles. The molecule has 2 aromatic carbocycles. The van der Waals surface area contributed by atoms with E-state index >= 15 is 0 Å². The van der Waals surface area contributed by atoms with Crippen LogP contribution in [0.2, 0.25) is 0 Å². The molecule has 1 amide bonds. The molecule has 1 aliphatic heterocycles. The zero-order chi connectivity index (χ0) is 14.7. The second-order valence-electron chi connectivity index (χ2n) is 5.65. The molecular weight excluding hydrogens is 296 g/mol. The third-order valence-corrected chi connectivity index (χ3v) is 4.15. The van der Waals surface area contributed by atoms with Crippen LogP contribution in [-0.4, -0.2) is 23.9 Å². The number of nitrogens with two attached hydrogens (primary N) is 1. The lowest BCUT2D eigenvalue weighted by Gasteiger charge is -2.17. The van der Waals surface area contributed by atoms with Crippen LogP contribution in [0.5, 0.6) is 0 Å². The number of carbonyl (C=O) groups excluding carboxylic acids is 1. The van der Waals surface area contributed by atoms with Gasteiger partial charge in [-0.15, -0.1) is 12.4 Å². The van der Waals surface area contributed by atoms with Gasteiger partial charge in [0, 0.05) is 24.7 Å². The van der Waals surface area contributed by atoms with Crippen LogP contribution in [0.1, 0.15) is 23.5 Å². The Kier molecular flexibility index (Phi) is 5.45. The molecule has 0 spiro atoms. The minimum Gasteiger partial charge on any atom is -0.399 e. The van der Waals surface area contributed by atoms with Gasteiger partial charge in [-0.1, -0.05) is 42.5 Å². The largest absolute Gasteiger partial charge is 0.399 e. The van der Waals surface area contributed by atoms with Gasteiger partial charge in [-0.05, 0) is 29.7 Å². The lowest BCUT2D eigenvalue weighted by molar-refractivity contribution is -0.129. The Hall–Kier alpha value is -2.00. The number of hydrogen-bond donors (Lipinski definition) is 1. The Balaban J connectivity index is 0.00000176. The summed E-state index contributed by atoms with van der Waals surface area (Å²) in [5.41, 5.74) is 8.76. The van der Waals surface area contributed by atoms with Crippen molar-refractivity contribution in [2.45, 2.75) is 18.8 Å². The molecule has 1 heterocycles. The molecule has 1 saturated heterocycles. The fourth-order valence-electron chi connectivity index (χ4n) is 2.91. The summed E-state index contributed by atoms with van der Waals surface area (Å²) in [6.07, 6.45) is 1.51. The van der Waals surface area contributed by atoms with Crippen LogP contribution >= 0.6 is 12.4 Å². The molecule has 1 aliphatic rings. The van der Waals surface area contributed by atoms with E-state index in [1.165, 1.54) is 5.56 Å². The topological polar surface area (TPSA) is 46.3 Å². The summed E-state index contributed by atoms with van der Waals surface area (Å²) >= 11 is 0. The maximum atomic E-state index is 12.4. The zero-order valence-electron chi connectivity index (χ0n) is 12.4. The van der Waals surface area contributed by atoms with E-state index < -0.39 is 0 Å². The Morgan fingerprint density at radius 2 is 1.77 bits per heavy atom. The Labute approximate surface area is 137 Å². The van der Waals surface area contributed by atoms with Gasteiger partial charge in [0.2, 0.25) is 5.91 Å². The summed E-state index contributed by atoms with van der Waals surface area (Å²) in [7, 11) is 0. The highest BCUT2D eigenvalue weighted by Gasteiger charge is 2.26. The molecule has 4 heteroatoms. The molecule has 3 rings (SSSR count). The Morgan fingerprint density at radius 1 is 1.09 bits per heavy atom. The van der Waals surface area contributed by atoms with E-state index in [9.17, 15) is 4.79 Å². The van der Waals surface area contributed by atoms with Crippen molar-refractivity contribution < 1.29 is 4.79 Å². The summed E-state index contributed by atoms with van der Waals surface area (Å²) in [6, 6.07) is 18.0. The van der Waals surface area contributed by atoms with Gasteiger partial charge in [-0.25, -0.2) is 0 Å². The van der Waals surface area contributed by atoms with Crippen LogP contribution < -0.4 is 5.73 Å². The van der Waals surface area contributed by atoms with Crippen LogP contribution in [0.25, 0.3) is 0 Å². The zero-order valence-corrected chi connectivity index (χ0v) is 13.3. The van der Waals surface area contributed by atoms with Crippen LogP contribution in [0, 0.1) is 0 Å².